The maximum atomic E-state index is 4.64. The Bertz CT molecular complexity index is 501. The van der Waals surface area contributed by atoms with Gasteiger partial charge in [-0.2, -0.15) is 4.37 Å². The highest BCUT2D eigenvalue weighted by atomic mass is 32.1. The highest BCUT2D eigenvalue weighted by Gasteiger charge is 2.19. The van der Waals surface area contributed by atoms with Crippen molar-refractivity contribution >= 4 is 16.7 Å². The number of nitrogens with zero attached hydrogens (tertiary/aromatic N) is 3. The quantitative estimate of drug-likeness (QED) is 0.801. The third-order valence-corrected chi connectivity index (χ3v) is 4.55. The molecule has 2 heterocycles. The summed E-state index contributed by atoms with van der Waals surface area (Å²) in [5.74, 6) is 1.66. The molecule has 0 spiro atoms. The maximum Gasteiger partial charge on any atom is 0.202 e. The van der Waals surface area contributed by atoms with Crippen LogP contribution >= 0.6 is 11.5 Å². The summed E-state index contributed by atoms with van der Waals surface area (Å²) in [6, 6.07) is 0. The van der Waals surface area contributed by atoms with Gasteiger partial charge in [-0.15, -0.1) is 0 Å². The molecule has 0 unspecified atom stereocenters. The first kappa shape index (κ1) is 13.5. The largest absolute Gasteiger partial charge is 0.360 e. The van der Waals surface area contributed by atoms with Gasteiger partial charge in [-0.05, 0) is 25.7 Å². The molecule has 1 aliphatic rings. The van der Waals surface area contributed by atoms with Crippen LogP contribution < -0.4 is 5.32 Å². The van der Waals surface area contributed by atoms with Crippen molar-refractivity contribution in [3.8, 4) is 0 Å². The molecule has 0 radical (unpaired) electrons. The monoisotopic (exact) mass is 291 g/mol. The molecule has 2 aromatic rings. The zero-order chi connectivity index (χ0) is 13.6. The normalized spacial score (nSPS) is 16.4. The van der Waals surface area contributed by atoms with Crippen LogP contribution in [-0.4, -0.2) is 25.9 Å². The number of aromatic amines is 1. The molecule has 0 saturated heterocycles. The first-order valence-corrected chi connectivity index (χ1v) is 8.24. The van der Waals surface area contributed by atoms with Crippen molar-refractivity contribution in [2.75, 3.05) is 11.9 Å². The average molecular weight is 291 g/mol. The van der Waals surface area contributed by atoms with Crippen molar-refractivity contribution in [2.24, 2.45) is 0 Å². The SMILES string of the molecule is c1ncc(CCCNc2nc(C3CCCCC3)ns2)[nH]1. The Labute approximate surface area is 123 Å². The topological polar surface area (TPSA) is 66.5 Å². The number of rotatable bonds is 6. The summed E-state index contributed by atoms with van der Waals surface area (Å²) < 4.78 is 4.52. The van der Waals surface area contributed by atoms with E-state index in [0.717, 1.165) is 30.3 Å². The Kier molecular flexibility index (Phi) is 4.63. The predicted octanol–water partition coefficient (Wildman–Crippen LogP) is 3.35. The molecule has 1 fully saturated rings. The van der Waals surface area contributed by atoms with Crippen LogP contribution in [0.15, 0.2) is 12.5 Å². The van der Waals surface area contributed by atoms with E-state index in [2.05, 4.69) is 24.6 Å². The molecule has 2 aromatic heterocycles. The van der Waals surface area contributed by atoms with Crippen LogP contribution in [0.1, 0.15) is 56.0 Å². The van der Waals surface area contributed by atoms with Crippen LogP contribution in [0.4, 0.5) is 5.13 Å². The summed E-state index contributed by atoms with van der Waals surface area (Å²) in [6.45, 7) is 0.929. The molecule has 108 valence electrons. The van der Waals surface area contributed by atoms with E-state index in [1.807, 2.05) is 6.20 Å². The van der Waals surface area contributed by atoms with Crippen molar-refractivity contribution in [2.45, 2.75) is 50.9 Å². The average Bonchev–Trinajstić information content (AvgIpc) is 3.16. The lowest BCUT2D eigenvalue weighted by Crippen LogP contribution is -2.07. The predicted molar refractivity (Wildman–Crippen MR) is 81.1 cm³/mol. The zero-order valence-electron chi connectivity index (χ0n) is 11.6. The minimum absolute atomic E-state index is 0.598. The molecule has 1 saturated carbocycles. The second-order valence-electron chi connectivity index (χ2n) is 5.40. The van der Waals surface area contributed by atoms with E-state index in [0.29, 0.717) is 5.92 Å². The zero-order valence-corrected chi connectivity index (χ0v) is 12.5. The lowest BCUT2D eigenvalue weighted by Gasteiger charge is -2.18. The van der Waals surface area contributed by atoms with Gasteiger partial charge in [0.05, 0.1) is 6.33 Å². The lowest BCUT2D eigenvalue weighted by molar-refractivity contribution is 0.432. The Morgan fingerprint density at radius 2 is 2.20 bits per heavy atom. The number of aryl methyl sites for hydroxylation is 1. The number of nitrogens with one attached hydrogen (secondary N) is 2. The molecule has 0 aromatic carbocycles. The van der Waals surface area contributed by atoms with Gasteiger partial charge in [0.15, 0.2) is 0 Å². The number of aromatic nitrogens is 4. The fraction of sp³-hybridized carbons (Fsp3) is 0.643. The number of H-pyrrole nitrogens is 1. The van der Waals surface area contributed by atoms with Gasteiger partial charge in [0.2, 0.25) is 5.13 Å². The van der Waals surface area contributed by atoms with E-state index in [1.165, 1.54) is 49.3 Å². The highest BCUT2D eigenvalue weighted by molar-refractivity contribution is 7.09. The van der Waals surface area contributed by atoms with Crippen LogP contribution in [0.5, 0.6) is 0 Å². The van der Waals surface area contributed by atoms with Gasteiger partial charge in [0.1, 0.15) is 5.82 Å². The molecule has 20 heavy (non-hydrogen) atoms. The Hall–Kier alpha value is -1.43. The fourth-order valence-corrected chi connectivity index (χ4v) is 3.40. The molecule has 2 N–H and O–H groups in total. The van der Waals surface area contributed by atoms with Crippen LogP contribution in [0, 0.1) is 0 Å². The Balaban J connectivity index is 1.42. The van der Waals surface area contributed by atoms with Crippen LogP contribution in [0.2, 0.25) is 0 Å². The first-order chi connectivity index (χ1) is 9.92. The van der Waals surface area contributed by atoms with Crippen molar-refractivity contribution in [3.05, 3.63) is 24.0 Å². The lowest BCUT2D eigenvalue weighted by atomic mass is 9.89. The van der Waals surface area contributed by atoms with Crippen LogP contribution in [0.25, 0.3) is 0 Å². The molecule has 3 rings (SSSR count). The minimum Gasteiger partial charge on any atom is -0.360 e. The van der Waals surface area contributed by atoms with Gasteiger partial charge >= 0.3 is 0 Å². The van der Waals surface area contributed by atoms with Crippen molar-refractivity contribution in [1.29, 1.82) is 0 Å². The third kappa shape index (κ3) is 3.56. The smallest absolute Gasteiger partial charge is 0.202 e. The molecule has 0 amide bonds. The minimum atomic E-state index is 0.598. The Morgan fingerprint density at radius 1 is 1.30 bits per heavy atom. The van der Waals surface area contributed by atoms with E-state index < -0.39 is 0 Å². The van der Waals surface area contributed by atoms with Crippen molar-refractivity contribution in [1.82, 2.24) is 19.3 Å². The van der Waals surface area contributed by atoms with E-state index in [1.54, 1.807) is 6.33 Å². The van der Waals surface area contributed by atoms with E-state index in [4.69, 9.17) is 0 Å². The highest BCUT2D eigenvalue weighted by Crippen LogP contribution is 2.32. The van der Waals surface area contributed by atoms with E-state index in [-0.39, 0.29) is 0 Å². The van der Waals surface area contributed by atoms with Gasteiger partial charge in [-0.1, -0.05) is 19.3 Å². The Morgan fingerprint density at radius 3 is 3.00 bits per heavy atom. The number of hydrogen-bond acceptors (Lipinski definition) is 5. The second-order valence-corrected chi connectivity index (χ2v) is 6.15. The standard InChI is InChI=1S/C14H21N5S/c1-2-5-11(6-3-1)13-18-14(20-19-13)16-8-4-7-12-9-15-10-17-12/h9-11H,1-8H2,(H,15,17)(H,16,18,19). The molecule has 6 heteroatoms. The molecule has 0 bridgehead atoms. The van der Waals surface area contributed by atoms with E-state index >= 15 is 0 Å². The van der Waals surface area contributed by atoms with Crippen LogP contribution in [0.3, 0.4) is 0 Å². The summed E-state index contributed by atoms with van der Waals surface area (Å²) >= 11 is 1.50. The fourth-order valence-electron chi connectivity index (χ4n) is 2.73. The number of hydrogen-bond donors (Lipinski definition) is 2. The maximum absolute atomic E-state index is 4.64. The van der Waals surface area contributed by atoms with Gasteiger partial charge < -0.3 is 10.3 Å². The summed E-state index contributed by atoms with van der Waals surface area (Å²) in [5.41, 5.74) is 1.19. The molecule has 5 nitrogen and oxygen atoms in total. The van der Waals surface area contributed by atoms with Gasteiger partial charge in [-0.25, -0.2) is 9.97 Å². The molecule has 0 atom stereocenters. The first-order valence-electron chi connectivity index (χ1n) is 7.46. The van der Waals surface area contributed by atoms with Gasteiger partial charge in [0, 0.05) is 35.9 Å². The molecule has 1 aliphatic carbocycles. The van der Waals surface area contributed by atoms with Gasteiger partial charge in [-0.3, -0.25) is 0 Å². The van der Waals surface area contributed by atoms with Crippen molar-refractivity contribution in [3.63, 3.8) is 0 Å². The number of anilines is 1. The second kappa shape index (κ2) is 6.83. The summed E-state index contributed by atoms with van der Waals surface area (Å²) in [4.78, 5) is 11.8. The van der Waals surface area contributed by atoms with Gasteiger partial charge in [0.25, 0.3) is 0 Å². The molecular weight excluding hydrogens is 270 g/mol. The number of imidazole rings is 1. The molecular formula is C14H21N5S. The van der Waals surface area contributed by atoms with Crippen molar-refractivity contribution < 1.29 is 0 Å². The summed E-state index contributed by atoms with van der Waals surface area (Å²) in [5, 5.41) is 4.34. The summed E-state index contributed by atoms with van der Waals surface area (Å²) in [6.07, 6.45) is 12.2. The molecule has 0 aliphatic heterocycles. The van der Waals surface area contributed by atoms with Crippen LogP contribution in [-0.2, 0) is 6.42 Å². The van der Waals surface area contributed by atoms with E-state index in [9.17, 15) is 0 Å². The summed E-state index contributed by atoms with van der Waals surface area (Å²) in [7, 11) is 0. The third-order valence-electron chi connectivity index (χ3n) is 3.87.